The molecule has 178 valence electrons. The lowest BCUT2D eigenvalue weighted by atomic mass is 9.90. The SMILES string of the molecule is C=CCC1(O)C(OCc2ccccc2)C(COCc2ccccc2)OC1n1ccc(=O)[nH]c1=O. The topological polar surface area (TPSA) is 103 Å². The van der Waals surface area contributed by atoms with E-state index in [-0.39, 0.29) is 19.6 Å². The van der Waals surface area contributed by atoms with E-state index in [1.807, 2.05) is 60.7 Å². The first-order chi connectivity index (χ1) is 16.5. The second kappa shape index (κ2) is 10.8. The molecule has 0 aliphatic carbocycles. The summed E-state index contributed by atoms with van der Waals surface area (Å²) in [7, 11) is 0. The van der Waals surface area contributed by atoms with Crippen LogP contribution in [0, 0.1) is 0 Å². The number of H-pyrrole nitrogens is 1. The fourth-order valence-electron chi connectivity index (χ4n) is 4.19. The molecular formula is C26H28N2O6. The number of aromatic nitrogens is 2. The summed E-state index contributed by atoms with van der Waals surface area (Å²) in [4.78, 5) is 26.3. The summed E-state index contributed by atoms with van der Waals surface area (Å²) >= 11 is 0. The Morgan fingerprint density at radius 3 is 2.29 bits per heavy atom. The fourth-order valence-corrected chi connectivity index (χ4v) is 4.19. The molecule has 2 N–H and O–H groups in total. The van der Waals surface area contributed by atoms with Crippen molar-refractivity contribution in [3.8, 4) is 0 Å². The van der Waals surface area contributed by atoms with E-state index in [4.69, 9.17) is 14.2 Å². The molecule has 0 radical (unpaired) electrons. The van der Waals surface area contributed by atoms with Crippen molar-refractivity contribution in [2.45, 2.75) is 43.7 Å². The van der Waals surface area contributed by atoms with E-state index in [1.54, 1.807) is 6.08 Å². The van der Waals surface area contributed by atoms with Crippen LogP contribution in [-0.2, 0) is 27.4 Å². The van der Waals surface area contributed by atoms with Crippen LogP contribution in [0.2, 0.25) is 0 Å². The molecule has 1 aliphatic rings. The van der Waals surface area contributed by atoms with E-state index in [1.165, 1.54) is 16.8 Å². The second-order valence-corrected chi connectivity index (χ2v) is 8.25. The van der Waals surface area contributed by atoms with Crippen molar-refractivity contribution in [1.82, 2.24) is 9.55 Å². The normalized spacial score (nSPS) is 24.2. The van der Waals surface area contributed by atoms with Crippen molar-refractivity contribution in [2.24, 2.45) is 0 Å². The summed E-state index contributed by atoms with van der Waals surface area (Å²) in [6, 6.07) is 20.5. The highest BCUT2D eigenvalue weighted by atomic mass is 16.6. The van der Waals surface area contributed by atoms with Crippen LogP contribution in [0.4, 0.5) is 0 Å². The molecule has 4 unspecified atom stereocenters. The number of rotatable bonds is 10. The molecule has 1 fully saturated rings. The van der Waals surface area contributed by atoms with Crippen molar-refractivity contribution < 1.29 is 19.3 Å². The molecule has 0 saturated carbocycles. The van der Waals surface area contributed by atoms with Gasteiger partial charge in [-0.1, -0.05) is 66.7 Å². The predicted octanol–water partition coefficient (Wildman–Crippen LogP) is 2.54. The molecule has 1 aliphatic heterocycles. The maximum atomic E-state index is 12.5. The molecule has 0 amide bonds. The lowest BCUT2D eigenvalue weighted by Crippen LogP contribution is -2.50. The average molecular weight is 465 g/mol. The number of hydrogen-bond donors (Lipinski definition) is 2. The molecule has 8 nitrogen and oxygen atoms in total. The number of aromatic amines is 1. The minimum absolute atomic E-state index is 0.0951. The monoisotopic (exact) mass is 464 g/mol. The van der Waals surface area contributed by atoms with Crippen LogP contribution in [0.3, 0.4) is 0 Å². The van der Waals surface area contributed by atoms with Crippen molar-refractivity contribution >= 4 is 0 Å². The number of nitrogens with one attached hydrogen (secondary N) is 1. The van der Waals surface area contributed by atoms with Crippen molar-refractivity contribution in [3.05, 3.63) is 118 Å². The first-order valence-electron chi connectivity index (χ1n) is 11.1. The van der Waals surface area contributed by atoms with Crippen LogP contribution in [0.5, 0.6) is 0 Å². The molecular weight excluding hydrogens is 436 g/mol. The van der Waals surface area contributed by atoms with Gasteiger partial charge in [0.1, 0.15) is 17.8 Å². The zero-order valence-corrected chi connectivity index (χ0v) is 18.7. The Morgan fingerprint density at radius 1 is 1.03 bits per heavy atom. The van der Waals surface area contributed by atoms with Crippen molar-refractivity contribution in [3.63, 3.8) is 0 Å². The van der Waals surface area contributed by atoms with E-state index < -0.39 is 35.3 Å². The smallest absolute Gasteiger partial charge is 0.330 e. The minimum Gasteiger partial charge on any atom is -0.382 e. The molecule has 1 saturated heterocycles. The van der Waals surface area contributed by atoms with Crippen LogP contribution in [0.1, 0.15) is 23.8 Å². The maximum absolute atomic E-state index is 12.5. The summed E-state index contributed by atoms with van der Waals surface area (Å²) < 4.78 is 19.4. The Kier molecular flexibility index (Phi) is 7.54. The highest BCUT2D eigenvalue weighted by molar-refractivity contribution is 5.15. The Labute approximate surface area is 197 Å². The van der Waals surface area contributed by atoms with Gasteiger partial charge in [-0.15, -0.1) is 6.58 Å². The van der Waals surface area contributed by atoms with Gasteiger partial charge in [0.25, 0.3) is 5.56 Å². The lowest BCUT2D eigenvalue weighted by Gasteiger charge is -2.33. The molecule has 8 heteroatoms. The number of nitrogens with zero attached hydrogens (tertiary/aromatic N) is 1. The van der Waals surface area contributed by atoms with Gasteiger partial charge in [-0.05, 0) is 11.1 Å². The van der Waals surface area contributed by atoms with E-state index in [0.717, 1.165) is 11.1 Å². The maximum Gasteiger partial charge on any atom is 0.330 e. The largest absolute Gasteiger partial charge is 0.382 e. The summed E-state index contributed by atoms with van der Waals surface area (Å²) in [5, 5.41) is 11.8. The number of benzene rings is 2. The van der Waals surface area contributed by atoms with E-state index >= 15 is 0 Å². The molecule has 0 spiro atoms. The van der Waals surface area contributed by atoms with Crippen molar-refractivity contribution in [1.29, 1.82) is 0 Å². The molecule has 2 heterocycles. The van der Waals surface area contributed by atoms with E-state index in [0.29, 0.717) is 6.61 Å². The highest BCUT2D eigenvalue weighted by Crippen LogP contribution is 2.42. The Bertz CT molecular complexity index is 1190. The van der Waals surface area contributed by atoms with Gasteiger partial charge in [-0.3, -0.25) is 14.3 Å². The predicted molar refractivity (Wildman–Crippen MR) is 126 cm³/mol. The first kappa shape index (κ1) is 23.8. The van der Waals surface area contributed by atoms with Gasteiger partial charge in [0.05, 0.1) is 19.8 Å². The van der Waals surface area contributed by atoms with Crippen LogP contribution < -0.4 is 11.2 Å². The van der Waals surface area contributed by atoms with Gasteiger partial charge in [-0.25, -0.2) is 4.79 Å². The van der Waals surface area contributed by atoms with E-state index in [2.05, 4.69) is 11.6 Å². The Balaban J connectivity index is 1.61. The average Bonchev–Trinajstić information content (AvgIpc) is 3.10. The van der Waals surface area contributed by atoms with Gasteiger partial charge in [0.15, 0.2) is 6.23 Å². The van der Waals surface area contributed by atoms with Crippen LogP contribution in [-0.4, -0.2) is 39.1 Å². The minimum atomic E-state index is -1.63. The van der Waals surface area contributed by atoms with Crippen LogP contribution in [0.15, 0.2) is 95.2 Å². The summed E-state index contributed by atoms with van der Waals surface area (Å²) in [5.74, 6) is 0. The van der Waals surface area contributed by atoms with Gasteiger partial charge in [0, 0.05) is 18.7 Å². The Morgan fingerprint density at radius 2 is 1.68 bits per heavy atom. The zero-order valence-electron chi connectivity index (χ0n) is 18.7. The summed E-state index contributed by atoms with van der Waals surface area (Å²) in [5.41, 5.74) is -0.924. The molecule has 3 aromatic rings. The summed E-state index contributed by atoms with van der Waals surface area (Å²) in [6.45, 7) is 4.48. The van der Waals surface area contributed by atoms with Gasteiger partial charge in [-0.2, -0.15) is 0 Å². The van der Waals surface area contributed by atoms with Gasteiger partial charge >= 0.3 is 5.69 Å². The quantitative estimate of drug-likeness (QED) is 0.447. The third kappa shape index (κ3) is 5.26. The third-order valence-electron chi connectivity index (χ3n) is 5.80. The third-order valence-corrected chi connectivity index (χ3v) is 5.80. The summed E-state index contributed by atoms with van der Waals surface area (Å²) in [6.07, 6.45) is 0.339. The number of aliphatic hydroxyl groups is 1. The van der Waals surface area contributed by atoms with Gasteiger partial charge < -0.3 is 19.3 Å². The zero-order chi connectivity index (χ0) is 24.0. The van der Waals surface area contributed by atoms with Crippen LogP contribution in [0.25, 0.3) is 0 Å². The van der Waals surface area contributed by atoms with E-state index in [9.17, 15) is 14.7 Å². The molecule has 4 atom stereocenters. The van der Waals surface area contributed by atoms with Crippen molar-refractivity contribution in [2.75, 3.05) is 6.61 Å². The number of ether oxygens (including phenoxy) is 3. The molecule has 2 aromatic carbocycles. The first-order valence-corrected chi connectivity index (χ1v) is 11.1. The highest BCUT2D eigenvalue weighted by Gasteiger charge is 2.57. The Hall–Kier alpha value is -3.30. The molecule has 34 heavy (non-hydrogen) atoms. The number of hydrogen-bond acceptors (Lipinski definition) is 6. The standard InChI is InChI=1S/C26H28N2O6/c1-2-14-26(31)23(33-17-20-11-7-4-8-12-20)21(18-32-16-19-9-5-3-6-10-19)34-24(26)28-15-13-22(29)27-25(28)30/h2-13,15,21,23-24,31H,1,14,16-18H2,(H,27,29,30). The van der Waals surface area contributed by atoms with Crippen LogP contribution >= 0.6 is 0 Å². The molecule has 1 aromatic heterocycles. The molecule has 0 bridgehead atoms. The fraction of sp³-hybridized carbons (Fsp3) is 0.308. The second-order valence-electron chi connectivity index (χ2n) is 8.25. The lowest BCUT2D eigenvalue weighted by molar-refractivity contribution is -0.125. The molecule has 4 rings (SSSR count). The van der Waals surface area contributed by atoms with Gasteiger partial charge in [0.2, 0.25) is 0 Å².